The Hall–Kier alpha value is -2.08. The number of nitrogens with zero attached hydrogens (tertiary/aromatic N) is 1. The Morgan fingerprint density at radius 2 is 1.90 bits per heavy atom. The van der Waals surface area contributed by atoms with Gasteiger partial charge in [-0.15, -0.1) is 0 Å². The van der Waals surface area contributed by atoms with Crippen molar-refractivity contribution in [3.05, 3.63) is 29.3 Å². The van der Waals surface area contributed by atoms with Crippen molar-refractivity contribution in [3.63, 3.8) is 0 Å². The van der Waals surface area contributed by atoms with Crippen LogP contribution in [0.25, 0.3) is 0 Å². The summed E-state index contributed by atoms with van der Waals surface area (Å²) in [5.41, 5.74) is -1.84. The van der Waals surface area contributed by atoms with Crippen molar-refractivity contribution in [2.24, 2.45) is 0 Å². The maximum atomic E-state index is 13.9. The number of amides is 1. The number of methoxy groups -OCH3 is 1. The van der Waals surface area contributed by atoms with Crippen molar-refractivity contribution >= 4 is 6.09 Å². The van der Waals surface area contributed by atoms with Crippen molar-refractivity contribution in [1.29, 1.82) is 0 Å². The molecule has 1 fully saturated rings. The molecule has 2 unspecified atom stereocenters. The van der Waals surface area contributed by atoms with E-state index in [-0.39, 0.29) is 51.3 Å². The van der Waals surface area contributed by atoms with E-state index in [4.69, 9.17) is 23.7 Å². The van der Waals surface area contributed by atoms with Gasteiger partial charge in [-0.2, -0.15) is 13.2 Å². The molecule has 1 heterocycles. The molecule has 0 spiro atoms. The van der Waals surface area contributed by atoms with Crippen molar-refractivity contribution < 1.29 is 46.8 Å². The lowest BCUT2D eigenvalue weighted by Crippen LogP contribution is -2.52. The molecule has 39 heavy (non-hydrogen) atoms. The molecule has 0 saturated carbocycles. The van der Waals surface area contributed by atoms with E-state index >= 15 is 0 Å². The van der Waals surface area contributed by atoms with Crippen LogP contribution < -0.4 is 4.74 Å². The van der Waals surface area contributed by atoms with Crippen LogP contribution in [0.4, 0.5) is 18.0 Å². The topological polar surface area (TPSA) is 86.7 Å². The van der Waals surface area contributed by atoms with Crippen LogP contribution >= 0.6 is 0 Å². The van der Waals surface area contributed by atoms with Gasteiger partial charge in [-0.1, -0.05) is 38.7 Å². The Morgan fingerprint density at radius 3 is 2.54 bits per heavy atom. The van der Waals surface area contributed by atoms with Gasteiger partial charge in [0.1, 0.15) is 12.5 Å². The maximum Gasteiger partial charge on any atom is 0.419 e. The van der Waals surface area contributed by atoms with E-state index in [0.29, 0.717) is 18.6 Å². The van der Waals surface area contributed by atoms with Gasteiger partial charge in [0.2, 0.25) is 0 Å². The summed E-state index contributed by atoms with van der Waals surface area (Å²) < 4.78 is 69.5. The Morgan fingerprint density at radius 1 is 1.13 bits per heavy atom. The SMILES string of the molecule is CCCCCCCOc1ccc(CCC(CCOC2CCCCO2)(OCOC)N(C)C(=O)O)cc1C(F)(F)F. The lowest BCUT2D eigenvalue weighted by molar-refractivity contribution is -0.214. The third-order valence-corrected chi connectivity index (χ3v) is 6.94. The number of aryl methyl sites for hydroxylation is 1. The average Bonchev–Trinajstić information content (AvgIpc) is 2.92. The lowest BCUT2D eigenvalue weighted by atomic mass is 9.96. The van der Waals surface area contributed by atoms with Crippen LogP contribution in [0.1, 0.15) is 82.3 Å². The van der Waals surface area contributed by atoms with Crippen LogP contribution in [0.5, 0.6) is 5.75 Å². The largest absolute Gasteiger partial charge is 0.493 e. The van der Waals surface area contributed by atoms with Gasteiger partial charge < -0.3 is 28.8 Å². The molecule has 1 aliphatic heterocycles. The van der Waals surface area contributed by atoms with Crippen LogP contribution in [0.15, 0.2) is 18.2 Å². The first kappa shape index (κ1) is 33.1. The van der Waals surface area contributed by atoms with E-state index in [1.54, 1.807) is 6.07 Å². The molecule has 0 aromatic heterocycles. The van der Waals surface area contributed by atoms with Crippen molar-refractivity contribution in [1.82, 2.24) is 4.90 Å². The highest BCUT2D eigenvalue weighted by molar-refractivity contribution is 5.65. The standard InChI is InChI=1S/C28H44F3NO7/c1-4-5-6-7-9-17-36-24-13-12-22(20-23(24)28(29,30)31)14-15-27(39-21-35-3,32(2)26(33)34)16-19-38-25-11-8-10-18-37-25/h12-13,20,25H,4-11,14-19,21H2,1-3H3,(H,33,34). The van der Waals surface area contributed by atoms with Gasteiger partial charge in [-0.25, -0.2) is 4.79 Å². The van der Waals surface area contributed by atoms with E-state index in [1.165, 1.54) is 20.2 Å². The first-order chi connectivity index (χ1) is 18.6. The van der Waals surface area contributed by atoms with Gasteiger partial charge in [-0.3, -0.25) is 4.90 Å². The molecule has 1 N–H and O–H groups in total. The smallest absolute Gasteiger partial charge is 0.419 e. The van der Waals surface area contributed by atoms with Gasteiger partial charge >= 0.3 is 12.3 Å². The Kier molecular flexibility index (Phi) is 14.3. The minimum absolute atomic E-state index is 0.0863. The monoisotopic (exact) mass is 563 g/mol. The predicted molar refractivity (Wildman–Crippen MR) is 140 cm³/mol. The summed E-state index contributed by atoms with van der Waals surface area (Å²) in [5, 5.41) is 9.77. The Bertz CT molecular complexity index is 849. The van der Waals surface area contributed by atoms with Gasteiger partial charge in [-0.05, 0) is 56.2 Å². The molecule has 0 aliphatic carbocycles. The second kappa shape index (κ2) is 16.9. The second-order valence-electron chi connectivity index (χ2n) is 9.85. The number of hydrogen-bond donors (Lipinski definition) is 1. The molecule has 1 aromatic carbocycles. The number of carboxylic acid groups (broad SMARTS) is 1. The fourth-order valence-electron chi connectivity index (χ4n) is 4.54. The molecular weight excluding hydrogens is 519 g/mol. The molecule has 8 nitrogen and oxygen atoms in total. The number of alkyl halides is 3. The minimum atomic E-state index is -4.59. The molecule has 1 amide bonds. The Balaban J connectivity index is 2.15. The predicted octanol–water partition coefficient (Wildman–Crippen LogP) is 6.85. The molecule has 1 saturated heterocycles. The van der Waals surface area contributed by atoms with E-state index in [1.807, 2.05) is 0 Å². The quantitative estimate of drug-likeness (QED) is 0.154. The van der Waals surface area contributed by atoms with Crippen LogP contribution in [-0.4, -0.2) is 68.9 Å². The van der Waals surface area contributed by atoms with Gasteiger partial charge in [0.15, 0.2) is 12.0 Å². The number of ether oxygens (including phenoxy) is 5. The second-order valence-corrected chi connectivity index (χ2v) is 9.85. The minimum Gasteiger partial charge on any atom is -0.493 e. The van der Waals surface area contributed by atoms with E-state index < -0.39 is 23.6 Å². The molecule has 0 bridgehead atoms. The fraction of sp³-hybridized carbons (Fsp3) is 0.750. The highest BCUT2D eigenvalue weighted by Gasteiger charge is 2.40. The van der Waals surface area contributed by atoms with Crippen LogP contribution in [-0.2, 0) is 31.5 Å². The molecule has 1 aliphatic rings. The molecule has 1 aromatic rings. The number of benzene rings is 1. The molecule has 2 rings (SSSR count). The molecule has 224 valence electrons. The Labute approximate surface area is 229 Å². The van der Waals surface area contributed by atoms with Gasteiger partial charge in [0.25, 0.3) is 0 Å². The van der Waals surface area contributed by atoms with Gasteiger partial charge in [0, 0.05) is 27.2 Å². The first-order valence-electron chi connectivity index (χ1n) is 13.8. The summed E-state index contributed by atoms with van der Waals surface area (Å²) in [6.07, 6.45) is 1.64. The zero-order valence-electron chi connectivity index (χ0n) is 23.4. The number of carbonyl (C=O) groups is 1. The normalized spacial score (nSPS) is 17.5. The summed E-state index contributed by atoms with van der Waals surface area (Å²) >= 11 is 0. The third kappa shape index (κ3) is 11.1. The summed E-state index contributed by atoms with van der Waals surface area (Å²) in [6, 6.07) is 3.99. The van der Waals surface area contributed by atoms with Crippen LogP contribution in [0.2, 0.25) is 0 Å². The average molecular weight is 564 g/mol. The van der Waals surface area contributed by atoms with Crippen molar-refractivity contribution in [2.75, 3.05) is 40.8 Å². The van der Waals surface area contributed by atoms with Gasteiger partial charge in [0.05, 0.1) is 18.8 Å². The zero-order chi connectivity index (χ0) is 28.7. The summed E-state index contributed by atoms with van der Waals surface area (Å²) in [4.78, 5) is 13.0. The molecule has 2 atom stereocenters. The summed E-state index contributed by atoms with van der Waals surface area (Å²) in [5.74, 6) is -0.202. The number of halogens is 3. The van der Waals surface area contributed by atoms with Crippen molar-refractivity contribution in [2.45, 2.75) is 95.7 Å². The molecular formula is C28H44F3NO7. The molecule has 0 radical (unpaired) electrons. The fourth-order valence-corrected chi connectivity index (χ4v) is 4.54. The molecule has 11 heteroatoms. The summed E-state index contributed by atoms with van der Waals surface area (Å²) in [6.45, 7) is 2.86. The number of hydrogen-bond acceptors (Lipinski definition) is 6. The highest BCUT2D eigenvalue weighted by atomic mass is 19.4. The maximum absolute atomic E-state index is 13.9. The number of unbranched alkanes of at least 4 members (excludes halogenated alkanes) is 4. The highest BCUT2D eigenvalue weighted by Crippen LogP contribution is 2.38. The third-order valence-electron chi connectivity index (χ3n) is 6.94. The summed E-state index contributed by atoms with van der Waals surface area (Å²) in [7, 11) is 2.78. The van der Waals surface area contributed by atoms with E-state index in [2.05, 4.69) is 6.92 Å². The first-order valence-corrected chi connectivity index (χ1v) is 13.8. The number of rotatable bonds is 18. The van der Waals surface area contributed by atoms with Crippen LogP contribution in [0, 0.1) is 0 Å². The van der Waals surface area contributed by atoms with Crippen molar-refractivity contribution in [3.8, 4) is 5.75 Å². The lowest BCUT2D eigenvalue weighted by Gasteiger charge is -2.40. The van der Waals surface area contributed by atoms with E-state index in [9.17, 15) is 23.1 Å². The van der Waals surface area contributed by atoms with Crippen LogP contribution in [0.3, 0.4) is 0 Å². The zero-order valence-corrected chi connectivity index (χ0v) is 23.4. The van der Waals surface area contributed by atoms with E-state index in [0.717, 1.165) is 55.9 Å².